The lowest BCUT2D eigenvalue weighted by molar-refractivity contribution is 0.414. The van der Waals surface area contributed by atoms with Gasteiger partial charge in [0.25, 0.3) is 15.2 Å². The Bertz CT molecular complexity index is 692. The molecular formula is C12H16N4O3S. The van der Waals surface area contributed by atoms with Crippen molar-refractivity contribution in [2.45, 2.75) is 25.0 Å². The lowest BCUT2D eigenvalue weighted by atomic mass is 10.1. The fourth-order valence-corrected chi connectivity index (χ4v) is 2.60. The molecule has 2 N–H and O–H groups in total. The van der Waals surface area contributed by atoms with Crippen LogP contribution in [-0.2, 0) is 23.0 Å². The summed E-state index contributed by atoms with van der Waals surface area (Å²) in [5.41, 5.74) is 0.980. The highest BCUT2D eigenvalue weighted by Gasteiger charge is 2.20. The number of methoxy groups -OCH3 is 1. The topological polar surface area (TPSA) is 100 Å². The van der Waals surface area contributed by atoms with Gasteiger partial charge in [0, 0.05) is 13.0 Å². The van der Waals surface area contributed by atoms with Crippen molar-refractivity contribution in [1.29, 1.82) is 0 Å². The molecule has 8 heteroatoms. The van der Waals surface area contributed by atoms with E-state index in [1.54, 1.807) is 7.11 Å². The van der Waals surface area contributed by atoms with Crippen molar-refractivity contribution in [3.63, 3.8) is 0 Å². The Labute approximate surface area is 117 Å². The highest BCUT2D eigenvalue weighted by atomic mass is 32.2. The number of benzene rings is 1. The predicted octanol–water partition coefficient (Wildman–Crippen LogP) is 0.545. The second-order valence-corrected chi connectivity index (χ2v) is 5.67. The maximum absolute atomic E-state index is 11.4. The fourth-order valence-electron chi connectivity index (χ4n) is 1.90. The predicted molar refractivity (Wildman–Crippen MR) is 72.9 cm³/mol. The fraction of sp³-hybridized carbons (Fsp3) is 0.333. The summed E-state index contributed by atoms with van der Waals surface area (Å²) in [6.45, 7) is 2.25. The molecule has 0 atom stereocenters. The summed E-state index contributed by atoms with van der Waals surface area (Å²) >= 11 is 0. The van der Waals surface area contributed by atoms with Crippen molar-refractivity contribution in [2.24, 2.45) is 5.14 Å². The molecule has 108 valence electrons. The van der Waals surface area contributed by atoms with Crippen LogP contribution in [0.1, 0.15) is 18.3 Å². The van der Waals surface area contributed by atoms with Crippen molar-refractivity contribution in [3.05, 3.63) is 35.7 Å². The number of rotatable bonds is 5. The van der Waals surface area contributed by atoms with Crippen LogP contribution in [0.25, 0.3) is 0 Å². The van der Waals surface area contributed by atoms with Crippen molar-refractivity contribution in [1.82, 2.24) is 14.8 Å². The minimum absolute atomic E-state index is 0.205. The first-order valence-corrected chi connectivity index (χ1v) is 7.58. The van der Waals surface area contributed by atoms with E-state index in [0.717, 1.165) is 11.3 Å². The van der Waals surface area contributed by atoms with Gasteiger partial charge in [-0.25, -0.2) is 13.6 Å². The Kier molecular flexibility index (Phi) is 4.05. The number of ether oxygens (including phenoxy) is 1. The summed E-state index contributed by atoms with van der Waals surface area (Å²) in [6.07, 6.45) is 0.473. The van der Waals surface area contributed by atoms with Crippen LogP contribution in [-0.4, -0.2) is 30.3 Å². The van der Waals surface area contributed by atoms with Crippen molar-refractivity contribution < 1.29 is 13.2 Å². The quantitative estimate of drug-likeness (QED) is 0.868. The molecule has 0 saturated heterocycles. The van der Waals surface area contributed by atoms with E-state index in [-0.39, 0.29) is 5.16 Å². The van der Waals surface area contributed by atoms with Crippen LogP contribution in [0.3, 0.4) is 0 Å². The zero-order chi connectivity index (χ0) is 14.8. The van der Waals surface area contributed by atoms with E-state index in [0.29, 0.717) is 18.8 Å². The average Bonchev–Trinajstić information content (AvgIpc) is 2.82. The van der Waals surface area contributed by atoms with Gasteiger partial charge in [-0.2, -0.15) is 0 Å². The molecule has 1 aromatic carbocycles. The van der Waals surface area contributed by atoms with Gasteiger partial charge in [0.05, 0.1) is 7.11 Å². The van der Waals surface area contributed by atoms with Crippen molar-refractivity contribution in [3.8, 4) is 5.75 Å². The zero-order valence-electron chi connectivity index (χ0n) is 11.3. The Morgan fingerprint density at radius 3 is 2.40 bits per heavy atom. The summed E-state index contributed by atoms with van der Waals surface area (Å²) in [6, 6.07) is 7.46. The largest absolute Gasteiger partial charge is 0.497 e. The molecule has 0 aliphatic heterocycles. The summed E-state index contributed by atoms with van der Waals surface area (Å²) in [7, 11) is -2.26. The first-order chi connectivity index (χ1) is 9.45. The van der Waals surface area contributed by atoms with Gasteiger partial charge in [-0.3, -0.25) is 0 Å². The molecule has 0 aliphatic carbocycles. The molecular weight excluding hydrogens is 280 g/mol. The lowest BCUT2D eigenvalue weighted by Crippen LogP contribution is -2.19. The number of aromatic nitrogens is 3. The molecule has 0 unspecified atom stereocenters. The van der Waals surface area contributed by atoms with Crippen LogP contribution >= 0.6 is 0 Å². The lowest BCUT2D eigenvalue weighted by Gasteiger charge is -2.06. The van der Waals surface area contributed by atoms with Crippen LogP contribution in [0.5, 0.6) is 5.75 Å². The third-order valence-corrected chi connectivity index (χ3v) is 3.70. The molecule has 0 amide bonds. The molecule has 20 heavy (non-hydrogen) atoms. The minimum atomic E-state index is -3.86. The van der Waals surface area contributed by atoms with Gasteiger partial charge in [0.1, 0.15) is 11.6 Å². The highest BCUT2D eigenvalue weighted by Crippen LogP contribution is 2.15. The number of nitrogens with two attached hydrogens (primary N) is 1. The minimum Gasteiger partial charge on any atom is -0.497 e. The second-order valence-electron chi connectivity index (χ2n) is 4.21. The van der Waals surface area contributed by atoms with Crippen LogP contribution in [0.4, 0.5) is 0 Å². The Balaban J connectivity index is 2.31. The van der Waals surface area contributed by atoms with E-state index in [1.807, 2.05) is 31.2 Å². The van der Waals surface area contributed by atoms with E-state index >= 15 is 0 Å². The zero-order valence-corrected chi connectivity index (χ0v) is 12.1. The molecule has 0 saturated carbocycles. The highest BCUT2D eigenvalue weighted by molar-refractivity contribution is 7.89. The third kappa shape index (κ3) is 2.97. The van der Waals surface area contributed by atoms with Gasteiger partial charge in [0.2, 0.25) is 0 Å². The van der Waals surface area contributed by atoms with Gasteiger partial charge in [-0.15, -0.1) is 10.2 Å². The number of nitrogens with zero attached hydrogens (tertiary/aromatic N) is 3. The van der Waals surface area contributed by atoms with Gasteiger partial charge in [-0.05, 0) is 24.6 Å². The molecule has 1 heterocycles. The normalized spacial score (nSPS) is 11.6. The van der Waals surface area contributed by atoms with Crippen LogP contribution in [0.2, 0.25) is 0 Å². The molecule has 1 aromatic heterocycles. The second kappa shape index (κ2) is 5.59. The van der Waals surface area contributed by atoms with Crippen LogP contribution in [0.15, 0.2) is 29.4 Å². The number of hydrogen-bond acceptors (Lipinski definition) is 5. The SMILES string of the molecule is CCn1c(Cc2ccc(OC)cc2)nnc1S(N)(=O)=O. The summed E-state index contributed by atoms with van der Waals surface area (Å²) in [5, 5.41) is 12.5. The maximum Gasteiger partial charge on any atom is 0.273 e. The van der Waals surface area contributed by atoms with Gasteiger partial charge in [-0.1, -0.05) is 12.1 Å². The first kappa shape index (κ1) is 14.5. The van der Waals surface area contributed by atoms with Crippen LogP contribution < -0.4 is 9.88 Å². The molecule has 0 spiro atoms. The summed E-state index contributed by atoms with van der Waals surface area (Å²) in [4.78, 5) is 0. The summed E-state index contributed by atoms with van der Waals surface area (Å²) < 4.78 is 29.4. The van der Waals surface area contributed by atoms with Crippen molar-refractivity contribution in [2.75, 3.05) is 7.11 Å². The smallest absolute Gasteiger partial charge is 0.273 e. The van der Waals surface area contributed by atoms with Crippen molar-refractivity contribution >= 4 is 10.0 Å². The average molecular weight is 296 g/mol. The molecule has 2 rings (SSSR count). The van der Waals surface area contributed by atoms with E-state index in [4.69, 9.17) is 9.88 Å². The third-order valence-electron chi connectivity index (χ3n) is 2.89. The molecule has 2 aromatic rings. The van der Waals surface area contributed by atoms with Crippen LogP contribution in [0, 0.1) is 0 Å². The molecule has 0 bridgehead atoms. The van der Waals surface area contributed by atoms with E-state index in [9.17, 15) is 8.42 Å². The Morgan fingerprint density at radius 1 is 1.25 bits per heavy atom. The maximum atomic E-state index is 11.4. The molecule has 0 radical (unpaired) electrons. The number of hydrogen-bond donors (Lipinski definition) is 1. The van der Waals surface area contributed by atoms with E-state index in [1.165, 1.54) is 4.57 Å². The summed E-state index contributed by atoms with van der Waals surface area (Å²) in [5.74, 6) is 1.32. The number of primary sulfonamides is 1. The van der Waals surface area contributed by atoms with Gasteiger partial charge < -0.3 is 9.30 Å². The van der Waals surface area contributed by atoms with E-state index < -0.39 is 10.0 Å². The monoisotopic (exact) mass is 296 g/mol. The molecule has 0 fully saturated rings. The Morgan fingerprint density at radius 2 is 1.90 bits per heavy atom. The first-order valence-electron chi connectivity index (χ1n) is 6.03. The van der Waals surface area contributed by atoms with Gasteiger partial charge >= 0.3 is 0 Å². The standard InChI is InChI=1S/C12H16N4O3S/c1-3-16-11(14-15-12(16)20(13,17)18)8-9-4-6-10(19-2)7-5-9/h4-7H,3,8H2,1-2H3,(H2,13,17,18). The number of sulfonamides is 1. The Hall–Kier alpha value is -1.93. The molecule has 0 aliphatic rings. The van der Waals surface area contributed by atoms with Gasteiger partial charge in [0.15, 0.2) is 0 Å². The molecule has 7 nitrogen and oxygen atoms in total. The van der Waals surface area contributed by atoms with E-state index in [2.05, 4.69) is 10.2 Å².